The molecular weight excluding hydrogens is 454 g/mol. The maximum Gasteiger partial charge on any atom is 0.316 e. The number of esters is 1. The number of hydrogen-bond acceptors (Lipinski definition) is 6. The lowest BCUT2D eigenvalue weighted by molar-refractivity contribution is -0.150. The number of carbonyl (C=O) groups is 1. The predicted octanol–water partition coefficient (Wildman–Crippen LogP) is 5.73. The summed E-state index contributed by atoms with van der Waals surface area (Å²) in [6, 6.07) is 14.1. The first-order valence-corrected chi connectivity index (χ1v) is 12.6. The fourth-order valence-corrected chi connectivity index (χ4v) is 4.69. The summed E-state index contributed by atoms with van der Waals surface area (Å²) in [6.45, 7) is 12.5. The first kappa shape index (κ1) is 29.2. The van der Waals surface area contributed by atoms with Gasteiger partial charge in [0.05, 0.1) is 33.4 Å². The van der Waals surface area contributed by atoms with E-state index in [4.69, 9.17) is 18.9 Å². The second-order valence-electron chi connectivity index (χ2n) is 9.40. The Balaban J connectivity index is 2.06. The van der Waals surface area contributed by atoms with Gasteiger partial charge in [-0.1, -0.05) is 50.8 Å². The predicted molar refractivity (Wildman–Crippen MR) is 146 cm³/mol. The fraction of sp³-hybridized carbons (Fsp3) is 0.500. The molecular formula is C30H43NO5. The van der Waals surface area contributed by atoms with Gasteiger partial charge in [0.1, 0.15) is 5.76 Å². The molecule has 36 heavy (non-hydrogen) atoms. The van der Waals surface area contributed by atoms with Gasteiger partial charge in [-0.15, -0.1) is 0 Å². The smallest absolute Gasteiger partial charge is 0.316 e. The van der Waals surface area contributed by atoms with E-state index in [1.807, 2.05) is 25.1 Å². The lowest BCUT2D eigenvalue weighted by Gasteiger charge is -2.36. The minimum atomic E-state index is -0.770. The molecule has 0 spiro atoms. The first-order chi connectivity index (χ1) is 17.2. The summed E-state index contributed by atoms with van der Waals surface area (Å²) in [5.41, 5.74) is 2.40. The molecule has 0 saturated heterocycles. The zero-order valence-electron chi connectivity index (χ0n) is 23.1. The van der Waals surface area contributed by atoms with Crippen LogP contribution in [-0.2, 0) is 26.1 Å². The summed E-state index contributed by atoms with van der Waals surface area (Å²) in [4.78, 5) is 15.5. The quantitative estimate of drug-likeness (QED) is 0.231. The van der Waals surface area contributed by atoms with Crippen LogP contribution in [-0.4, -0.2) is 58.9 Å². The van der Waals surface area contributed by atoms with Crippen molar-refractivity contribution in [3.05, 3.63) is 65.7 Å². The van der Waals surface area contributed by atoms with Gasteiger partial charge in [0.25, 0.3) is 0 Å². The average Bonchev–Trinajstić information content (AvgIpc) is 2.89. The molecule has 1 atom stereocenters. The molecule has 198 valence electrons. The Morgan fingerprint density at radius 2 is 1.67 bits per heavy atom. The summed E-state index contributed by atoms with van der Waals surface area (Å²) < 4.78 is 21.7. The Labute approximate surface area is 217 Å². The van der Waals surface area contributed by atoms with E-state index in [2.05, 4.69) is 56.6 Å². The minimum Gasteiger partial charge on any atom is -0.494 e. The van der Waals surface area contributed by atoms with Crippen LogP contribution in [0.25, 0.3) is 5.76 Å². The number of methoxy groups -OCH3 is 3. The Kier molecular flexibility index (Phi) is 11.3. The normalized spacial score (nSPS) is 12.8. The van der Waals surface area contributed by atoms with Crippen LogP contribution in [0.5, 0.6) is 11.5 Å². The van der Waals surface area contributed by atoms with Crippen molar-refractivity contribution in [3.8, 4) is 11.5 Å². The van der Waals surface area contributed by atoms with Crippen molar-refractivity contribution in [2.24, 2.45) is 5.92 Å². The van der Waals surface area contributed by atoms with E-state index in [1.165, 1.54) is 12.7 Å². The number of benzene rings is 2. The second-order valence-corrected chi connectivity index (χ2v) is 9.40. The molecule has 0 aromatic heterocycles. The minimum absolute atomic E-state index is 0.0401. The zero-order chi connectivity index (χ0) is 26.7. The van der Waals surface area contributed by atoms with E-state index in [0.29, 0.717) is 30.3 Å². The van der Waals surface area contributed by atoms with Gasteiger partial charge in [-0.25, -0.2) is 0 Å². The zero-order valence-corrected chi connectivity index (χ0v) is 23.1. The number of likely N-dealkylation sites (N-methyl/N-ethyl adjacent to an activating group) is 1. The highest BCUT2D eigenvalue weighted by molar-refractivity contribution is 5.84. The van der Waals surface area contributed by atoms with Crippen LogP contribution in [0.15, 0.2) is 49.0 Å². The summed E-state index contributed by atoms with van der Waals surface area (Å²) >= 11 is 0. The molecule has 0 amide bonds. The van der Waals surface area contributed by atoms with Crippen LogP contribution in [0, 0.1) is 5.92 Å². The van der Waals surface area contributed by atoms with Crippen molar-refractivity contribution >= 4 is 11.7 Å². The first-order valence-electron chi connectivity index (χ1n) is 12.6. The molecule has 6 heteroatoms. The molecule has 0 radical (unpaired) electrons. The molecule has 0 aliphatic carbocycles. The fourth-order valence-electron chi connectivity index (χ4n) is 4.69. The molecule has 2 aromatic rings. The monoisotopic (exact) mass is 497 g/mol. The number of ether oxygens (including phenoxy) is 4. The number of nitrogens with zero attached hydrogens (tertiary/aromatic N) is 1. The van der Waals surface area contributed by atoms with Crippen LogP contribution >= 0.6 is 0 Å². The molecule has 2 rings (SSSR count). The van der Waals surface area contributed by atoms with Gasteiger partial charge in [0.2, 0.25) is 0 Å². The van der Waals surface area contributed by atoms with Crippen LogP contribution in [0.1, 0.15) is 50.3 Å². The largest absolute Gasteiger partial charge is 0.494 e. The second kappa shape index (κ2) is 13.9. The van der Waals surface area contributed by atoms with Gasteiger partial charge in [-0.2, -0.15) is 0 Å². The van der Waals surface area contributed by atoms with Gasteiger partial charge in [-0.3, -0.25) is 4.79 Å². The summed E-state index contributed by atoms with van der Waals surface area (Å²) in [5.74, 6) is 1.77. The lowest BCUT2D eigenvalue weighted by Crippen LogP contribution is -2.42. The van der Waals surface area contributed by atoms with E-state index in [9.17, 15) is 4.79 Å². The highest BCUT2D eigenvalue weighted by atomic mass is 16.5. The molecule has 2 aromatic carbocycles. The van der Waals surface area contributed by atoms with Crippen molar-refractivity contribution in [2.75, 3.05) is 48.1 Å². The molecule has 6 nitrogen and oxygen atoms in total. The van der Waals surface area contributed by atoms with Gasteiger partial charge < -0.3 is 23.8 Å². The van der Waals surface area contributed by atoms with Crippen molar-refractivity contribution in [1.29, 1.82) is 0 Å². The van der Waals surface area contributed by atoms with Crippen LogP contribution in [0.3, 0.4) is 0 Å². The summed E-state index contributed by atoms with van der Waals surface area (Å²) in [5, 5.41) is 0. The molecule has 0 fully saturated rings. The van der Waals surface area contributed by atoms with E-state index in [1.54, 1.807) is 14.2 Å². The van der Waals surface area contributed by atoms with Gasteiger partial charge in [-0.05, 0) is 69.0 Å². The van der Waals surface area contributed by atoms with Crippen molar-refractivity contribution in [2.45, 2.75) is 45.4 Å². The third kappa shape index (κ3) is 7.03. The summed E-state index contributed by atoms with van der Waals surface area (Å²) in [6.07, 6.45) is 2.47. The molecule has 0 bridgehead atoms. The van der Waals surface area contributed by atoms with Gasteiger partial charge in [0, 0.05) is 12.1 Å². The Hall–Kier alpha value is -2.99. The molecule has 0 saturated carbocycles. The highest BCUT2D eigenvalue weighted by Crippen LogP contribution is 2.41. The van der Waals surface area contributed by atoms with Crippen LogP contribution in [0.2, 0.25) is 0 Å². The maximum absolute atomic E-state index is 13.2. The standard InChI is InChI=1S/C30H43NO5/c1-9-36-23(4)25-13-11-24(12-14-25)17-20-31(5)19-10-18-30(22(2)3,29(32)35-8)26-15-16-27(33-6)28(21-26)34-7/h11-16,21-22H,4,9-10,17-20H2,1-3,5-8H3. The Morgan fingerprint density at radius 3 is 2.22 bits per heavy atom. The van der Waals surface area contributed by atoms with Gasteiger partial charge in [0.15, 0.2) is 11.5 Å². The van der Waals surface area contributed by atoms with E-state index in [0.717, 1.165) is 37.1 Å². The van der Waals surface area contributed by atoms with E-state index >= 15 is 0 Å². The maximum atomic E-state index is 13.2. The third-order valence-electron chi connectivity index (χ3n) is 6.92. The average molecular weight is 498 g/mol. The Morgan fingerprint density at radius 1 is 1.00 bits per heavy atom. The topological polar surface area (TPSA) is 57.2 Å². The van der Waals surface area contributed by atoms with Crippen LogP contribution in [0.4, 0.5) is 0 Å². The van der Waals surface area contributed by atoms with Crippen molar-refractivity contribution in [1.82, 2.24) is 4.90 Å². The van der Waals surface area contributed by atoms with Crippen molar-refractivity contribution in [3.63, 3.8) is 0 Å². The van der Waals surface area contributed by atoms with E-state index < -0.39 is 5.41 Å². The Bertz CT molecular complexity index is 985. The highest BCUT2D eigenvalue weighted by Gasteiger charge is 2.44. The number of carbonyl (C=O) groups excluding carboxylic acids is 1. The summed E-state index contributed by atoms with van der Waals surface area (Å²) in [7, 11) is 6.79. The van der Waals surface area contributed by atoms with Crippen LogP contribution < -0.4 is 9.47 Å². The molecule has 1 unspecified atom stereocenters. The SMILES string of the molecule is C=C(OCC)c1ccc(CCN(C)CCCC(C(=O)OC)(c2ccc(OC)c(OC)c2)C(C)C)cc1. The molecule has 0 N–H and O–H groups in total. The number of hydrogen-bond donors (Lipinski definition) is 0. The van der Waals surface area contributed by atoms with E-state index in [-0.39, 0.29) is 11.9 Å². The van der Waals surface area contributed by atoms with Gasteiger partial charge >= 0.3 is 5.97 Å². The van der Waals surface area contributed by atoms with Crippen molar-refractivity contribution < 1.29 is 23.7 Å². The molecule has 0 aliphatic rings. The lowest BCUT2D eigenvalue weighted by atomic mass is 9.68. The molecule has 0 aliphatic heterocycles. The number of rotatable bonds is 15. The molecule has 0 heterocycles. The third-order valence-corrected chi connectivity index (χ3v) is 6.92.